The van der Waals surface area contributed by atoms with Crippen molar-refractivity contribution in [3.63, 3.8) is 0 Å². The molecule has 25 heteroatoms. The number of hydrogen-bond acceptors (Lipinski definition) is 17. The molecule has 8 rings (SSSR count). The summed E-state index contributed by atoms with van der Waals surface area (Å²) in [6.07, 6.45) is 11.4. The number of nitrogens with one attached hydrogen (secondary N) is 4. The average molecular weight is 1260 g/mol. The summed E-state index contributed by atoms with van der Waals surface area (Å²) in [5, 5.41) is 22.9. The lowest BCUT2D eigenvalue weighted by atomic mass is 9.94. The van der Waals surface area contributed by atoms with Crippen LogP contribution in [0.2, 0.25) is 0 Å². The van der Waals surface area contributed by atoms with Crippen molar-refractivity contribution in [2.24, 2.45) is 22.7 Å². The Balaban J connectivity index is 0.823. The maximum absolute atomic E-state index is 14.4. The molecule has 0 bridgehead atoms. The van der Waals surface area contributed by atoms with Gasteiger partial charge in [-0.25, -0.2) is 9.69 Å². The van der Waals surface area contributed by atoms with Crippen LogP contribution in [-0.4, -0.2) is 164 Å². The summed E-state index contributed by atoms with van der Waals surface area (Å²) in [6, 6.07) is 9.47. The molecule has 0 aromatic heterocycles. The molecule has 25 nitrogen and oxygen atoms in total. The SMILES string of the molecule is C/C=C/C1=CN2C(=O)c3cc(OC)c(OCCCOc4cc5c(cc4OC)C(=O)N4C=C(/C=C/C)C[C@H]4C(O)N5C(=O)OCc4ccc(NC(=O)[C@H](C)NC(=O)[C@@H](NC(=O)CCOCCNC(=O)CCN5C(=O)CC(C(C)C)C5=O)C(C)C)cc4)cc3N=C[C@@H]2C1. The second-order valence-electron chi connectivity index (χ2n) is 23.2. The first-order chi connectivity index (χ1) is 43.6. The number of benzene rings is 3. The molecule has 2 unspecified atom stereocenters. The number of anilines is 2. The monoisotopic (exact) mass is 1260 g/mol. The number of ether oxygens (including phenoxy) is 6. The van der Waals surface area contributed by atoms with Gasteiger partial charge in [0.25, 0.3) is 11.8 Å². The van der Waals surface area contributed by atoms with E-state index in [2.05, 4.69) is 26.3 Å². The summed E-state index contributed by atoms with van der Waals surface area (Å²) in [5.41, 5.74) is 3.52. The molecule has 0 saturated carbocycles. The van der Waals surface area contributed by atoms with E-state index in [1.807, 2.05) is 58.2 Å². The molecular weight excluding hydrogens is 1170 g/mol. The summed E-state index contributed by atoms with van der Waals surface area (Å²) in [7, 11) is 2.90. The topological polar surface area (TPSA) is 303 Å². The Morgan fingerprint density at radius 2 is 1.37 bits per heavy atom. The van der Waals surface area contributed by atoms with Crippen LogP contribution in [0.5, 0.6) is 23.0 Å². The Morgan fingerprint density at radius 1 is 0.725 bits per heavy atom. The lowest BCUT2D eigenvalue weighted by Crippen LogP contribution is -2.53. The normalized spacial score (nSPS) is 19.1. The lowest BCUT2D eigenvalue weighted by Gasteiger charge is -2.31. The quantitative estimate of drug-likeness (QED) is 0.0377. The van der Waals surface area contributed by atoms with Crippen LogP contribution < -0.4 is 45.1 Å². The Kier molecular flexibility index (Phi) is 22.9. The highest BCUT2D eigenvalue weighted by Gasteiger charge is 2.46. The van der Waals surface area contributed by atoms with Crippen molar-refractivity contribution >= 4 is 76.6 Å². The number of aliphatic imine (C=N–C) groups is 1. The van der Waals surface area contributed by atoms with Crippen LogP contribution in [-0.2, 0) is 44.8 Å². The van der Waals surface area contributed by atoms with E-state index >= 15 is 0 Å². The number of imide groups is 1. The fourth-order valence-electron chi connectivity index (χ4n) is 11.1. The number of rotatable bonds is 28. The van der Waals surface area contributed by atoms with Crippen molar-refractivity contribution in [3.05, 3.63) is 113 Å². The molecule has 5 N–H and O–H groups in total. The largest absolute Gasteiger partial charge is 0.493 e. The molecule has 1 fully saturated rings. The van der Waals surface area contributed by atoms with Gasteiger partial charge in [-0.15, -0.1) is 0 Å². The molecule has 91 heavy (non-hydrogen) atoms. The number of fused-ring (bicyclic) bond motifs is 4. The summed E-state index contributed by atoms with van der Waals surface area (Å²) in [5.74, 6) is -2.82. The van der Waals surface area contributed by atoms with Crippen LogP contribution in [0.3, 0.4) is 0 Å². The molecule has 0 spiro atoms. The predicted molar refractivity (Wildman–Crippen MR) is 336 cm³/mol. The first-order valence-corrected chi connectivity index (χ1v) is 30.5. The minimum absolute atomic E-state index is 0.00223. The first-order valence-electron chi connectivity index (χ1n) is 30.5. The van der Waals surface area contributed by atoms with Crippen molar-refractivity contribution in [2.75, 3.05) is 64.0 Å². The Bertz CT molecular complexity index is 3410. The maximum Gasteiger partial charge on any atom is 0.416 e. The molecule has 5 aliphatic rings. The zero-order valence-electron chi connectivity index (χ0n) is 52.8. The fraction of sp³-hybridized carbons (Fsp3) is 0.455. The van der Waals surface area contributed by atoms with E-state index in [1.54, 1.807) is 67.6 Å². The third kappa shape index (κ3) is 16.4. The highest BCUT2D eigenvalue weighted by atomic mass is 16.6. The second kappa shape index (κ2) is 30.9. The van der Waals surface area contributed by atoms with Gasteiger partial charge in [-0.05, 0) is 86.4 Å². The number of aliphatic hydroxyl groups excluding tert-OH is 1. The number of hydrogen-bond donors (Lipinski definition) is 5. The number of aliphatic hydroxyl groups is 1. The summed E-state index contributed by atoms with van der Waals surface area (Å²) in [4.78, 5) is 129. The minimum atomic E-state index is -1.59. The highest BCUT2D eigenvalue weighted by Crippen LogP contribution is 2.43. The van der Waals surface area contributed by atoms with Gasteiger partial charge in [0.15, 0.2) is 29.2 Å². The second-order valence-corrected chi connectivity index (χ2v) is 23.2. The molecule has 0 aliphatic carbocycles. The smallest absolute Gasteiger partial charge is 0.416 e. The van der Waals surface area contributed by atoms with Crippen molar-refractivity contribution in [3.8, 4) is 23.0 Å². The molecule has 0 radical (unpaired) electrons. The zero-order valence-corrected chi connectivity index (χ0v) is 52.8. The molecule has 486 valence electrons. The summed E-state index contributed by atoms with van der Waals surface area (Å²) < 4.78 is 35.1. The van der Waals surface area contributed by atoms with E-state index in [0.717, 1.165) is 20.9 Å². The van der Waals surface area contributed by atoms with E-state index in [1.165, 1.54) is 38.2 Å². The van der Waals surface area contributed by atoms with Gasteiger partial charge in [-0.2, -0.15) is 0 Å². The van der Waals surface area contributed by atoms with E-state index in [9.17, 15) is 48.3 Å². The number of nitrogens with zero attached hydrogens (tertiary/aromatic N) is 5. The van der Waals surface area contributed by atoms with Crippen LogP contribution in [0.4, 0.5) is 21.9 Å². The number of allylic oxidation sites excluding steroid dienone is 4. The van der Waals surface area contributed by atoms with Crippen LogP contribution in [0, 0.1) is 17.8 Å². The molecule has 5 aliphatic heterocycles. The highest BCUT2D eigenvalue weighted by molar-refractivity contribution is 6.07. The number of carbonyl (C=O) groups is 9. The Hall–Kier alpha value is -9.36. The molecule has 6 atom stereocenters. The van der Waals surface area contributed by atoms with Crippen LogP contribution in [0.15, 0.2) is 101 Å². The lowest BCUT2D eigenvalue weighted by molar-refractivity contribution is -0.140. The summed E-state index contributed by atoms with van der Waals surface area (Å²) >= 11 is 0. The first kappa shape index (κ1) is 67.6. The van der Waals surface area contributed by atoms with Gasteiger partial charge in [0.1, 0.15) is 18.7 Å². The molecular formula is C66H81N9O16. The van der Waals surface area contributed by atoms with Crippen molar-refractivity contribution in [2.45, 2.75) is 124 Å². The van der Waals surface area contributed by atoms with Gasteiger partial charge in [0.05, 0.1) is 75.2 Å². The van der Waals surface area contributed by atoms with Crippen molar-refractivity contribution in [1.29, 1.82) is 0 Å². The standard InChI is InChI=1S/C66H81N9O16/c1-10-13-42-27-45-34-68-49-32-54(52(86-8)29-47(49)63(82)73(45)35-42)89-23-12-24-90-55-33-50-48(30-53(55)87-9)64(83)74-36-43(14-11-2)28-51(74)65(84)75(50)66(85)91-37-41-15-17-44(18-16-41)70-60(79)40(7)69-61(80)59(39(5)6)71-57(77)20-25-88-26-21-67-56(76)19-22-72-58(78)31-46(38(3)4)62(72)81/h10-11,13-18,29-30,32-36,38-40,45-46,51,59,65,84H,12,19-28,31,37H2,1-9H3,(H,67,76)(H,69,80)(H,70,79)(H,71,77)/b13-10+,14-11+/t40-,45-,46?,51-,59-,65?/m0/s1. The minimum Gasteiger partial charge on any atom is -0.493 e. The van der Waals surface area contributed by atoms with Crippen LogP contribution in [0.1, 0.15) is 113 Å². The van der Waals surface area contributed by atoms with Gasteiger partial charge in [0, 0.05) is 81.1 Å². The number of likely N-dealkylation sites (tertiary alicyclic amines) is 1. The Labute approximate surface area is 528 Å². The van der Waals surface area contributed by atoms with Crippen molar-refractivity contribution < 1.29 is 76.7 Å². The van der Waals surface area contributed by atoms with E-state index in [4.69, 9.17) is 28.4 Å². The van der Waals surface area contributed by atoms with Gasteiger partial charge < -0.3 is 64.6 Å². The molecule has 5 heterocycles. The van der Waals surface area contributed by atoms with Crippen molar-refractivity contribution in [1.82, 2.24) is 30.7 Å². The number of methoxy groups -OCH3 is 2. The van der Waals surface area contributed by atoms with Gasteiger partial charge in [-0.1, -0.05) is 64.1 Å². The average Bonchev–Trinajstić information content (AvgIpc) is 1.64. The predicted octanol–water partition coefficient (Wildman–Crippen LogP) is 6.62. The van der Waals surface area contributed by atoms with Crippen LogP contribution >= 0.6 is 0 Å². The third-order valence-corrected chi connectivity index (χ3v) is 16.0. The molecule has 3 aromatic carbocycles. The molecule has 3 aromatic rings. The Morgan fingerprint density at radius 3 is 2.02 bits per heavy atom. The van der Waals surface area contributed by atoms with E-state index in [0.29, 0.717) is 46.8 Å². The zero-order chi connectivity index (χ0) is 65.6. The maximum atomic E-state index is 14.4. The van der Waals surface area contributed by atoms with Gasteiger partial charge >= 0.3 is 6.09 Å². The van der Waals surface area contributed by atoms with E-state index in [-0.39, 0.29) is 142 Å². The summed E-state index contributed by atoms with van der Waals surface area (Å²) in [6.45, 7) is 12.7. The van der Waals surface area contributed by atoms with Gasteiger partial charge in [-0.3, -0.25) is 48.2 Å². The van der Waals surface area contributed by atoms with Gasteiger partial charge in [0.2, 0.25) is 35.4 Å². The molecule has 9 amide bonds. The van der Waals surface area contributed by atoms with Crippen LogP contribution in [0.25, 0.3) is 0 Å². The molecule has 1 saturated heterocycles. The number of carbonyl (C=O) groups excluding carboxylic acids is 9. The fourth-order valence-corrected chi connectivity index (χ4v) is 11.1. The number of amides is 9. The third-order valence-electron chi connectivity index (χ3n) is 16.0. The van der Waals surface area contributed by atoms with E-state index < -0.39 is 54.1 Å².